The summed E-state index contributed by atoms with van der Waals surface area (Å²) < 4.78 is 14.9. The van der Waals surface area contributed by atoms with E-state index in [1.165, 1.54) is 18.2 Å². The first-order valence-electron chi connectivity index (χ1n) is 9.77. The van der Waals surface area contributed by atoms with Crippen molar-refractivity contribution in [3.8, 4) is 0 Å². The van der Waals surface area contributed by atoms with Gasteiger partial charge in [0, 0.05) is 47.8 Å². The number of hydrogen-bond acceptors (Lipinski definition) is 4. The minimum Gasteiger partial charge on any atom is -0.512 e. The molecule has 29 heavy (non-hydrogen) atoms. The summed E-state index contributed by atoms with van der Waals surface area (Å²) in [7, 11) is 0. The maximum atomic E-state index is 14.9. The summed E-state index contributed by atoms with van der Waals surface area (Å²) in [4.78, 5) is 39.1. The van der Waals surface area contributed by atoms with E-state index in [1.54, 1.807) is 0 Å². The molecule has 0 saturated heterocycles. The molecular weight excluding hydrogens is 395 g/mol. The summed E-state index contributed by atoms with van der Waals surface area (Å²) >= 11 is 6.29. The highest BCUT2D eigenvalue weighted by atomic mass is 35.5. The molecule has 1 aromatic rings. The molecule has 1 aromatic carbocycles. The molecule has 4 nitrogen and oxygen atoms in total. The van der Waals surface area contributed by atoms with E-state index < -0.39 is 28.5 Å². The van der Waals surface area contributed by atoms with Crippen LogP contribution in [-0.2, 0) is 14.4 Å². The second kappa shape index (κ2) is 7.35. The first-order chi connectivity index (χ1) is 13.3. The van der Waals surface area contributed by atoms with E-state index in [1.807, 2.05) is 27.7 Å². The predicted octanol–water partition coefficient (Wildman–Crippen LogP) is 5.34. The minimum atomic E-state index is -1.24. The van der Waals surface area contributed by atoms with Crippen LogP contribution in [0.2, 0.25) is 5.02 Å². The number of carbonyl (C=O) groups excluding carboxylic acids is 3. The Labute approximate surface area is 175 Å². The van der Waals surface area contributed by atoms with Gasteiger partial charge >= 0.3 is 0 Å². The van der Waals surface area contributed by atoms with Crippen LogP contribution in [0.4, 0.5) is 4.39 Å². The molecule has 1 unspecified atom stereocenters. The van der Waals surface area contributed by atoms with E-state index in [2.05, 4.69) is 0 Å². The van der Waals surface area contributed by atoms with Crippen LogP contribution in [0.15, 0.2) is 29.5 Å². The highest BCUT2D eigenvalue weighted by molar-refractivity contribution is 6.31. The number of ketones is 3. The van der Waals surface area contributed by atoms with Crippen LogP contribution < -0.4 is 0 Å². The van der Waals surface area contributed by atoms with Crippen LogP contribution in [-0.4, -0.2) is 22.5 Å². The number of benzene rings is 1. The number of aliphatic hydroxyl groups excluding tert-OH is 1. The Morgan fingerprint density at radius 2 is 1.55 bits per heavy atom. The zero-order valence-corrected chi connectivity index (χ0v) is 17.9. The van der Waals surface area contributed by atoms with Crippen molar-refractivity contribution in [2.45, 2.75) is 59.3 Å². The molecule has 2 aliphatic carbocycles. The summed E-state index contributed by atoms with van der Waals surface area (Å²) in [5.41, 5.74) is -1.09. The number of allylic oxidation sites excluding steroid dienone is 2. The van der Waals surface area contributed by atoms with Gasteiger partial charge in [-0.3, -0.25) is 14.4 Å². The molecule has 0 radical (unpaired) electrons. The van der Waals surface area contributed by atoms with E-state index in [0.29, 0.717) is 0 Å². The molecule has 0 heterocycles. The zero-order valence-electron chi connectivity index (χ0n) is 17.1. The summed E-state index contributed by atoms with van der Waals surface area (Å²) in [6, 6.07) is 4.07. The molecule has 1 N–H and O–H groups in total. The lowest BCUT2D eigenvalue weighted by molar-refractivity contribution is -0.140. The Balaban J connectivity index is 2.23. The highest BCUT2D eigenvalue weighted by Crippen LogP contribution is 2.49. The van der Waals surface area contributed by atoms with E-state index in [4.69, 9.17) is 11.6 Å². The second-order valence-electron chi connectivity index (χ2n) is 9.84. The molecule has 1 atom stereocenters. The molecule has 2 aliphatic rings. The average molecular weight is 421 g/mol. The fourth-order valence-electron chi connectivity index (χ4n) is 4.72. The lowest BCUT2D eigenvalue weighted by atomic mass is 9.62. The first-order valence-corrected chi connectivity index (χ1v) is 10.2. The van der Waals surface area contributed by atoms with E-state index in [-0.39, 0.29) is 65.0 Å². The summed E-state index contributed by atoms with van der Waals surface area (Å²) in [5, 5.41) is 10.8. The number of aliphatic hydroxyl groups is 1. The maximum Gasteiger partial charge on any atom is 0.163 e. The third kappa shape index (κ3) is 4.16. The van der Waals surface area contributed by atoms with Gasteiger partial charge < -0.3 is 5.11 Å². The largest absolute Gasteiger partial charge is 0.512 e. The molecule has 0 spiro atoms. The van der Waals surface area contributed by atoms with Crippen LogP contribution in [0, 0.1) is 22.6 Å². The SMILES string of the molecule is CC1(C)CC(=O)C(C(C2=C(O)CC(C)(C)CC2=O)c2c(F)cccc2Cl)C(=O)C1. The number of carbonyl (C=O) groups is 3. The van der Waals surface area contributed by atoms with Crippen molar-refractivity contribution in [1.82, 2.24) is 0 Å². The highest BCUT2D eigenvalue weighted by Gasteiger charge is 2.49. The normalized spacial score (nSPS) is 23.4. The smallest absolute Gasteiger partial charge is 0.163 e. The van der Waals surface area contributed by atoms with Crippen LogP contribution in [0.5, 0.6) is 0 Å². The summed E-state index contributed by atoms with van der Waals surface area (Å²) in [6.45, 7) is 7.36. The van der Waals surface area contributed by atoms with Crippen molar-refractivity contribution < 1.29 is 23.9 Å². The van der Waals surface area contributed by atoms with Crippen LogP contribution >= 0.6 is 11.6 Å². The Kier molecular flexibility index (Phi) is 5.50. The molecule has 156 valence electrons. The second-order valence-corrected chi connectivity index (χ2v) is 10.2. The van der Waals surface area contributed by atoms with Crippen LogP contribution in [0.1, 0.15) is 64.9 Å². The molecule has 1 saturated carbocycles. The van der Waals surface area contributed by atoms with Gasteiger partial charge in [-0.25, -0.2) is 4.39 Å². The number of halogens is 2. The van der Waals surface area contributed by atoms with E-state index in [9.17, 15) is 23.9 Å². The number of Topliss-reactive ketones (excluding diaryl/α,β-unsaturated/α-hetero) is 3. The third-order valence-corrected chi connectivity index (χ3v) is 6.18. The van der Waals surface area contributed by atoms with Crippen molar-refractivity contribution in [3.05, 3.63) is 45.9 Å². The number of rotatable bonds is 3. The Morgan fingerprint density at radius 3 is 2.07 bits per heavy atom. The van der Waals surface area contributed by atoms with Crippen molar-refractivity contribution in [2.24, 2.45) is 16.7 Å². The van der Waals surface area contributed by atoms with Gasteiger partial charge in [0.05, 0.1) is 5.92 Å². The van der Waals surface area contributed by atoms with Crippen LogP contribution in [0.3, 0.4) is 0 Å². The zero-order chi connectivity index (χ0) is 21.7. The van der Waals surface area contributed by atoms with Gasteiger partial charge in [-0.2, -0.15) is 0 Å². The average Bonchev–Trinajstić information content (AvgIpc) is 2.50. The molecule has 3 rings (SSSR count). The van der Waals surface area contributed by atoms with Crippen LogP contribution in [0.25, 0.3) is 0 Å². The predicted molar refractivity (Wildman–Crippen MR) is 108 cm³/mol. The van der Waals surface area contributed by atoms with Crippen molar-refractivity contribution in [3.63, 3.8) is 0 Å². The molecule has 0 bridgehead atoms. The van der Waals surface area contributed by atoms with Gasteiger partial charge in [0.25, 0.3) is 0 Å². The summed E-state index contributed by atoms with van der Waals surface area (Å²) in [6.07, 6.45) is 0.617. The Hall–Kier alpha value is -2.01. The number of hydrogen-bond donors (Lipinski definition) is 1. The maximum absolute atomic E-state index is 14.9. The monoisotopic (exact) mass is 420 g/mol. The van der Waals surface area contributed by atoms with Gasteiger partial charge in [-0.05, 0) is 23.0 Å². The topological polar surface area (TPSA) is 71.4 Å². The van der Waals surface area contributed by atoms with Gasteiger partial charge in [0.1, 0.15) is 23.1 Å². The van der Waals surface area contributed by atoms with Crippen molar-refractivity contribution in [1.29, 1.82) is 0 Å². The van der Waals surface area contributed by atoms with E-state index >= 15 is 0 Å². The molecule has 0 amide bonds. The molecular formula is C23H26ClFO4. The fraction of sp³-hybridized carbons (Fsp3) is 0.522. The van der Waals surface area contributed by atoms with Gasteiger partial charge in [-0.1, -0.05) is 45.4 Å². The van der Waals surface area contributed by atoms with Crippen molar-refractivity contribution >= 4 is 29.0 Å². The third-order valence-electron chi connectivity index (χ3n) is 5.85. The van der Waals surface area contributed by atoms with Gasteiger partial charge in [-0.15, -0.1) is 0 Å². The first kappa shape index (κ1) is 21.7. The standard InChI is InChI=1S/C23H26ClFO4/c1-22(2)8-14(26)19(15(27)9-22)21(18-12(24)6-5-7-13(18)25)20-16(28)10-23(3,4)11-17(20)29/h5-7,19,21,28H,8-11H2,1-4H3. The summed E-state index contributed by atoms with van der Waals surface area (Å²) in [5.74, 6) is -4.44. The Morgan fingerprint density at radius 1 is 1.00 bits per heavy atom. The molecule has 0 aliphatic heterocycles. The lowest BCUT2D eigenvalue weighted by Crippen LogP contribution is -2.43. The molecule has 1 fully saturated rings. The van der Waals surface area contributed by atoms with E-state index in [0.717, 1.165) is 0 Å². The van der Waals surface area contributed by atoms with Gasteiger partial charge in [0.15, 0.2) is 5.78 Å². The Bertz CT molecular complexity index is 889. The van der Waals surface area contributed by atoms with Gasteiger partial charge in [0.2, 0.25) is 0 Å². The molecule has 0 aromatic heterocycles. The quantitative estimate of drug-likeness (QED) is 0.670. The van der Waals surface area contributed by atoms with Crippen molar-refractivity contribution in [2.75, 3.05) is 0 Å². The lowest BCUT2D eigenvalue weighted by Gasteiger charge is -2.39. The minimum absolute atomic E-state index is 0.0263. The molecule has 6 heteroatoms. The fourth-order valence-corrected chi connectivity index (χ4v) is 5.00.